The summed E-state index contributed by atoms with van der Waals surface area (Å²) >= 11 is 0. The molecule has 1 amide bonds. The molecule has 0 saturated carbocycles. The van der Waals surface area contributed by atoms with Crippen LogP contribution in [0.2, 0.25) is 0 Å². The van der Waals surface area contributed by atoms with E-state index in [1.165, 1.54) is 0 Å². The van der Waals surface area contributed by atoms with Crippen molar-refractivity contribution in [1.82, 2.24) is 15.3 Å². The number of hydrogen-bond donors (Lipinski definition) is 2. The Kier molecular flexibility index (Phi) is 6.25. The first-order chi connectivity index (χ1) is 15.6. The van der Waals surface area contributed by atoms with Gasteiger partial charge in [-0.3, -0.25) is 4.79 Å². The lowest BCUT2D eigenvalue weighted by Crippen LogP contribution is -2.50. The average Bonchev–Trinajstić information content (AvgIpc) is 2.84. The Morgan fingerprint density at radius 1 is 1.03 bits per heavy atom. The molecule has 2 heterocycles. The summed E-state index contributed by atoms with van der Waals surface area (Å²) in [6, 6.07) is 14.6. The lowest BCUT2D eigenvalue weighted by molar-refractivity contribution is -0.123. The van der Waals surface area contributed by atoms with Gasteiger partial charge in [0.25, 0.3) is 0 Å². The van der Waals surface area contributed by atoms with Crippen LogP contribution in [0.25, 0.3) is 0 Å². The molecule has 0 spiro atoms. The van der Waals surface area contributed by atoms with Crippen molar-refractivity contribution in [2.24, 2.45) is 0 Å². The predicted molar refractivity (Wildman–Crippen MR) is 121 cm³/mol. The highest BCUT2D eigenvalue weighted by atomic mass is 16.5. The molecular formula is C23H25N5O4. The maximum absolute atomic E-state index is 12.7. The number of nitrogens with zero attached hydrogens (tertiary/aromatic N) is 3. The molecule has 0 radical (unpaired) electrons. The molecule has 1 saturated heterocycles. The Morgan fingerprint density at radius 3 is 2.41 bits per heavy atom. The summed E-state index contributed by atoms with van der Waals surface area (Å²) in [5.41, 5.74) is 1.58. The molecule has 32 heavy (non-hydrogen) atoms. The maximum atomic E-state index is 12.7. The van der Waals surface area contributed by atoms with Gasteiger partial charge in [0.05, 0.1) is 21.3 Å². The predicted octanol–water partition coefficient (Wildman–Crippen LogP) is 2.92. The van der Waals surface area contributed by atoms with E-state index in [0.717, 1.165) is 5.56 Å². The Morgan fingerprint density at radius 2 is 1.75 bits per heavy atom. The lowest BCUT2D eigenvalue weighted by Gasteiger charge is -2.36. The van der Waals surface area contributed by atoms with Crippen LogP contribution in [-0.4, -0.2) is 50.3 Å². The van der Waals surface area contributed by atoms with Gasteiger partial charge in [-0.15, -0.1) is 0 Å². The zero-order valence-electron chi connectivity index (χ0n) is 18.2. The number of piperazine rings is 1. The number of hydrogen-bond acceptors (Lipinski definition) is 8. The second-order valence-electron chi connectivity index (χ2n) is 7.08. The van der Waals surface area contributed by atoms with Gasteiger partial charge in [0.2, 0.25) is 17.6 Å². The van der Waals surface area contributed by atoms with Gasteiger partial charge >= 0.3 is 0 Å². The molecule has 1 aliphatic heterocycles. The highest BCUT2D eigenvalue weighted by Gasteiger charge is 2.32. The number of aromatic nitrogens is 2. The van der Waals surface area contributed by atoms with Crippen LogP contribution in [-0.2, 0) is 4.79 Å². The zero-order chi connectivity index (χ0) is 22.5. The molecule has 4 rings (SSSR count). The Hall–Kier alpha value is -4.01. The molecule has 9 heteroatoms. The lowest BCUT2D eigenvalue weighted by atomic mass is 10.0. The minimum Gasteiger partial charge on any atom is -0.493 e. The van der Waals surface area contributed by atoms with Crippen LogP contribution in [0.1, 0.15) is 11.6 Å². The zero-order valence-corrected chi connectivity index (χ0v) is 18.2. The van der Waals surface area contributed by atoms with E-state index < -0.39 is 6.04 Å². The van der Waals surface area contributed by atoms with Crippen molar-refractivity contribution in [1.29, 1.82) is 0 Å². The number of carbonyl (C=O) groups is 1. The minimum atomic E-state index is -0.464. The highest BCUT2D eigenvalue weighted by molar-refractivity contribution is 5.87. The summed E-state index contributed by atoms with van der Waals surface area (Å²) in [5.74, 6) is 2.51. The van der Waals surface area contributed by atoms with Gasteiger partial charge in [0, 0.05) is 37.1 Å². The summed E-state index contributed by atoms with van der Waals surface area (Å²) in [4.78, 5) is 23.7. The Labute approximate surface area is 186 Å². The van der Waals surface area contributed by atoms with Crippen molar-refractivity contribution in [2.45, 2.75) is 6.04 Å². The fourth-order valence-corrected chi connectivity index (χ4v) is 3.73. The van der Waals surface area contributed by atoms with Crippen molar-refractivity contribution in [3.05, 3.63) is 60.3 Å². The normalized spacial score (nSPS) is 15.7. The van der Waals surface area contributed by atoms with Gasteiger partial charge in [0.15, 0.2) is 11.5 Å². The average molecular weight is 435 g/mol. The van der Waals surface area contributed by atoms with Gasteiger partial charge in [-0.05, 0) is 11.6 Å². The second-order valence-corrected chi connectivity index (χ2v) is 7.08. The number of nitrogens with one attached hydrogen (secondary N) is 2. The van der Waals surface area contributed by atoms with Crippen molar-refractivity contribution in [2.75, 3.05) is 44.6 Å². The van der Waals surface area contributed by atoms with E-state index in [9.17, 15) is 4.79 Å². The van der Waals surface area contributed by atoms with Crippen molar-refractivity contribution < 1.29 is 19.0 Å². The van der Waals surface area contributed by atoms with Gasteiger partial charge in [-0.25, -0.2) is 4.98 Å². The number of amides is 1. The van der Waals surface area contributed by atoms with Crippen LogP contribution >= 0.6 is 0 Å². The molecule has 0 bridgehead atoms. The summed E-state index contributed by atoms with van der Waals surface area (Å²) in [6.45, 7) is 1.17. The SMILES string of the molecule is COc1cc(Nc2nccc(N3CCNC(=O)C3c3ccccc3)n2)cc(OC)c1OC. The standard InChI is InChI=1S/C23H25N5O4/c1-30-17-13-16(14-18(31-2)21(17)32-3)26-23-25-10-9-19(27-23)28-12-11-24-22(29)20(28)15-7-5-4-6-8-15/h4-10,13-14,20H,11-12H2,1-3H3,(H,24,29)(H,25,26,27). The van der Waals surface area contributed by atoms with Crippen molar-refractivity contribution >= 4 is 23.4 Å². The maximum Gasteiger partial charge on any atom is 0.247 e. The number of benzene rings is 2. The summed E-state index contributed by atoms with van der Waals surface area (Å²) in [7, 11) is 4.67. The van der Waals surface area contributed by atoms with E-state index in [1.807, 2.05) is 35.2 Å². The summed E-state index contributed by atoms with van der Waals surface area (Å²) in [6.07, 6.45) is 1.66. The van der Waals surface area contributed by atoms with Crippen LogP contribution in [0, 0.1) is 0 Å². The Bertz CT molecular complexity index is 1070. The monoisotopic (exact) mass is 435 g/mol. The highest BCUT2D eigenvalue weighted by Crippen LogP contribution is 2.40. The fraction of sp³-hybridized carbons (Fsp3) is 0.261. The first kappa shape index (κ1) is 21.2. The third kappa shape index (κ3) is 4.22. The number of ether oxygens (including phenoxy) is 3. The van der Waals surface area contributed by atoms with Crippen molar-refractivity contribution in [3.63, 3.8) is 0 Å². The molecule has 166 valence electrons. The first-order valence-electron chi connectivity index (χ1n) is 10.1. The molecule has 1 atom stereocenters. The third-order valence-electron chi connectivity index (χ3n) is 5.18. The molecule has 9 nitrogen and oxygen atoms in total. The van der Waals surface area contributed by atoms with Crippen molar-refractivity contribution in [3.8, 4) is 17.2 Å². The third-order valence-corrected chi connectivity index (χ3v) is 5.18. The summed E-state index contributed by atoms with van der Waals surface area (Å²) < 4.78 is 16.2. The van der Waals surface area contributed by atoms with Crippen LogP contribution < -0.4 is 29.7 Å². The molecule has 2 N–H and O–H groups in total. The molecule has 3 aromatic rings. The number of anilines is 3. The van der Waals surface area contributed by atoms with Gasteiger partial charge in [0.1, 0.15) is 11.9 Å². The summed E-state index contributed by atoms with van der Waals surface area (Å²) in [5, 5.41) is 6.13. The van der Waals surface area contributed by atoms with E-state index in [4.69, 9.17) is 14.2 Å². The quantitative estimate of drug-likeness (QED) is 0.585. The van der Waals surface area contributed by atoms with E-state index in [0.29, 0.717) is 47.8 Å². The van der Waals surface area contributed by atoms with Crippen LogP contribution in [0.15, 0.2) is 54.7 Å². The van der Waals surface area contributed by atoms with Gasteiger partial charge < -0.3 is 29.7 Å². The largest absolute Gasteiger partial charge is 0.493 e. The number of methoxy groups -OCH3 is 3. The van der Waals surface area contributed by atoms with Gasteiger partial charge in [-0.1, -0.05) is 30.3 Å². The topological polar surface area (TPSA) is 97.8 Å². The number of carbonyl (C=O) groups excluding carboxylic acids is 1. The van der Waals surface area contributed by atoms with Crippen LogP contribution in [0.3, 0.4) is 0 Å². The molecule has 1 unspecified atom stereocenters. The van der Waals surface area contributed by atoms with Crippen LogP contribution in [0.4, 0.5) is 17.5 Å². The minimum absolute atomic E-state index is 0.0554. The fourth-order valence-electron chi connectivity index (χ4n) is 3.73. The molecule has 1 fully saturated rings. The molecule has 2 aromatic carbocycles. The number of rotatable bonds is 7. The molecule has 1 aliphatic rings. The Balaban J connectivity index is 1.64. The first-order valence-corrected chi connectivity index (χ1v) is 10.1. The van der Waals surface area contributed by atoms with E-state index >= 15 is 0 Å². The smallest absolute Gasteiger partial charge is 0.247 e. The van der Waals surface area contributed by atoms with E-state index in [2.05, 4.69) is 20.6 Å². The van der Waals surface area contributed by atoms with E-state index in [-0.39, 0.29) is 5.91 Å². The van der Waals surface area contributed by atoms with Crippen LogP contribution in [0.5, 0.6) is 17.2 Å². The van der Waals surface area contributed by atoms with Gasteiger partial charge in [-0.2, -0.15) is 4.98 Å². The molecular weight excluding hydrogens is 410 g/mol. The molecule has 1 aromatic heterocycles. The molecule has 0 aliphatic carbocycles. The van der Waals surface area contributed by atoms with E-state index in [1.54, 1.807) is 45.7 Å². The second kappa shape index (κ2) is 9.42.